The molecule has 0 fully saturated rings. The Labute approximate surface area is 221 Å². The zero-order valence-electron chi connectivity index (χ0n) is 21.8. The second-order valence-electron chi connectivity index (χ2n) is 6.34. The first kappa shape index (κ1) is 35.9. The van der Waals surface area contributed by atoms with Gasteiger partial charge in [-0.15, -0.1) is 0 Å². The first-order valence-electron chi connectivity index (χ1n) is 12.1. The molecule has 0 bridgehead atoms. The fraction of sp³-hybridized carbons (Fsp3) is 1.00. The van der Waals surface area contributed by atoms with Crippen LogP contribution < -0.4 is 0 Å². The van der Waals surface area contributed by atoms with Crippen molar-refractivity contribution >= 4 is 61.2 Å². The van der Waals surface area contributed by atoms with E-state index in [1.165, 1.54) is 25.7 Å². The summed E-state index contributed by atoms with van der Waals surface area (Å²) in [6.45, 7) is 18.4. The summed E-state index contributed by atoms with van der Waals surface area (Å²) in [5.41, 5.74) is 0. The molecular formula is C20H48O8Si2Sn2. The van der Waals surface area contributed by atoms with Gasteiger partial charge in [0, 0.05) is 0 Å². The third kappa shape index (κ3) is 19.0. The molecule has 192 valence electrons. The first-order chi connectivity index (χ1) is 15.5. The van der Waals surface area contributed by atoms with Crippen molar-refractivity contribution < 1.29 is 32.1 Å². The third-order valence-electron chi connectivity index (χ3n) is 3.67. The van der Waals surface area contributed by atoms with Crippen molar-refractivity contribution in [2.75, 3.05) is 39.6 Å². The van der Waals surface area contributed by atoms with Crippen LogP contribution in [0.2, 0.25) is 8.87 Å². The molecule has 32 heavy (non-hydrogen) atoms. The van der Waals surface area contributed by atoms with Gasteiger partial charge >= 0.3 is 223 Å². The Balaban J connectivity index is 0. The molecule has 4 radical (unpaired) electrons. The monoisotopic (exact) mass is 712 g/mol. The number of rotatable bonds is 22. The van der Waals surface area contributed by atoms with E-state index in [4.69, 9.17) is 32.1 Å². The van der Waals surface area contributed by atoms with E-state index in [2.05, 4.69) is 13.8 Å². The Morgan fingerprint density at radius 2 is 0.750 bits per heavy atom. The summed E-state index contributed by atoms with van der Waals surface area (Å²) >= 11 is -1.71. The van der Waals surface area contributed by atoms with Crippen molar-refractivity contribution in [2.24, 2.45) is 0 Å². The van der Waals surface area contributed by atoms with E-state index in [-0.39, 0.29) is 21.1 Å². The average Bonchev–Trinajstić information content (AvgIpc) is 2.75. The summed E-state index contributed by atoms with van der Waals surface area (Å²) in [5, 5.41) is 0. The molecule has 0 aliphatic heterocycles. The summed E-state index contributed by atoms with van der Waals surface area (Å²) < 4.78 is 48.8. The molecule has 0 unspecified atom stereocenters. The van der Waals surface area contributed by atoms with Gasteiger partial charge in [-0.25, -0.2) is 0 Å². The van der Waals surface area contributed by atoms with Crippen LogP contribution in [0.5, 0.6) is 0 Å². The van der Waals surface area contributed by atoms with Crippen LogP contribution in [0.3, 0.4) is 0 Å². The van der Waals surface area contributed by atoms with Gasteiger partial charge in [-0.3, -0.25) is 0 Å². The zero-order chi connectivity index (χ0) is 24.6. The quantitative estimate of drug-likeness (QED) is 0.118. The molecule has 0 saturated heterocycles. The van der Waals surface area contributed by atoms with E-state index in [9.17, 15) is 0 Å². The second kappa shape index (κ2) is 25.8. The van der Waals surface area contributed by atoms with Gasteiger partial charge in [-0.2, -0.15) is 0 Å². The van der Waals surface area contributed by atoms with Crippen LogP contribution in [-0.2, 0) is 32.1 Å². The standard InChI is InChI=1S/2C6H15O4Si.2C4H9.2Sn/c2*1-4-8-11(7,9-5-2)10-6-3;2*1-3-4-2;;/h2*4-6H2,1-3H3;2*1,3-4H2,2H3;;/q2*-1;;;;+2. The van der Waals surface area contributed by atoms with Crippen molar-refractivity contribution in [1.82, 2.24) is 0 Å². The molecule has 0 spiro atoms. The van der Waals surface area contributed by atoms with E-state index in [1.54, 1.807) is 8.87 Å². The summed E-state index contributed by atoms with van der Waals surface area (Å²) in [6.07, 6.45) is 5.84. The Morgan fingerprint density at radius 3 is 0.969 bits per heavy atom. The van der Waals surface area contributed by atoms with Crippen LogP contribution in [0.15, 0.2) is 0 Å². The predicted molar refractivity (Wildman–Crippen MR) is 134 cm³/mol. The Bertz CT molecular complexity index is 321. The minimum atomic E-state index is -3.16. The summed E-state index contributed by atoms with van der Waals surface area (Å²) in [7, 11) is -6.32. The molecule has 0 rings (SSSR count). The molecular weight excluding hydrogens is 662 g/mol. The van der Waals surface area contributed by atoms with Crippen LogP contribution in [0, 0.1) is 0 Å². The maximum absolute atomic E-state index is 5.86. The van der Waals surface area contributed by atoms with Gasteiger partial charge < -0.3 is 0 Å². The molecule has 12 heteroatoms. The van der Waals surface area contributed by atoms with Crippen LogP contribution >= 0.6 is 0 Å². The topological polar surface area (TPSA) is 73.8 Å². The molecule has 0 aromatic carbocycles. The summed E-state index contributed by atoms with van der Waals surface area (Å²) in [4.78, 5) is 0. The Morgan fingerprint density at radius 1 is 0.469 bits per heavy atom. The van der Waals surface area contributed by atoms with E-state index >= 15 is 0 Å². The van der Waals surface area contributed by atoms with Crippen LogP contribution in [0.1, 0.15) is 81.1 Å². The fourth-order valence-electron chi connectivity index (χ4n) is 2.34. The van der Waals surface area contributed by atoms with Crippen molar-refractivity contribution in [2.45, 2.75) is 89.9 Å². The molecule has 0 aliphatic carbocycles. The SMILES string of the molecule is CCC[CH2][Sn][CH2]CCC.CCO[Si](OCC)(OCC)[O][Sn][O][Si](OCC)(OCC)OCC. The van der Waals surface area contributed by atoms with Crippen molar-refractivity contribution in [3.05, 3.63) is 0 Å². The Kier molecular flexibility index (Phi) is 28.9. The van der Waals surface area contributed by atoms with Crippen LogP contribution in [-0.4, -0.2) is 101 Å². The summed E-state index contributed by atoms with van der Waals surface area (Å²) in [5.74, 6) is 0. The minimum absolute atomic E-state index is 0.149. The molecule has 8 nitrogen and oxygen atoms in total. The van der Waals surface area contributed by atoms with Gasteiger partial charge in [-0.05, 0) is 0 Å². The number of hydrogen-bond acceptors (Lipinski definition) is 8. The molecule has 0 aromatic rings. The normalized spacial score (nSPS) is 12.0. The van der Waals surface area contributed by atoms with Gasteiger partial charge in [0.2, 0.25) is 0 Å². The van der Waals surface area contributed by atoms with E-state index in [1.807, 2.05) is 41.5 Å². The summed E-state index contributed by atoms with van der Waals surface area (Å²) in [6, 6.07) is 0. The van der Waals surface area contributed by atoms with E-state index in [0.29, 0.717) is 39.6 Å². The first-order valence-corrected chi connectivity index (χ1v) is 21.8. The van der Waals surface area contributed by atoms with Gasteiger partial charge in [0.1, 0.15) is 0 Å². The molecule has 0 atom stereocenters. The van der Waals surface area contributed by atoms with Crippen molar-refractivity contribution in [3.8, 4) is 0 Å². The zero-order valence-corrected chi connectivity index (χ0v) is 29.5. The van der Waals surface area contributed by atoms with E-state index in [0.717, 1.165) is 0 Å². The van der Waals surface area contributed by atoms with Gasteiger partial charge in [0.25, 0.3) is 0 Å². The van der Waals surface area contributed by atoms with Gasteiger partial charge in [0.15, 0.2) is 0 Å². The molecule has 0 saturated carbocycles. The predicted octanol–water partition coefficient (Wildman–Crippen LogP) is 4.77. The third-order valence-corrected chi connectivity index (χ3v) is 17.9. The molecule has 0 heterocycles. The second-order valence-corrected chi connectivity index (χ2v) is 18.7. The van der Waals surface area contributed by atoms with Crippen molar-refractivity contribution in [1.29, 1.82) is 0 Å². The fourth-order valence-corrected chi connectivity index (χ4v) is 15.7. The van der Waals surface area contributed by atoms with Crippen LogP contribution in [0.25, 0.3) is 0 Å². The molecule has 0 aliphatic rings. The number of hydrogen-bond donors (Lipinski definition) is 0. The van der Waals surface area contributed by atoms with E-state index < -0.39 is 40.1 Å². The van der Waals surface area contributed by atoms with Gasteiger partial charge in [-0.1, -0.05) is 0 Å². The van der Waals surface area contributed by atoms with Crippen molar-refractivity contribution in [3.63, 3.8) is 0 Å². The molecule has 0 aromatic heterocycles. The Hall–Kier alpha value is 1.71. The molecule has 0 N–H and O–H groups in total. The van der Waals surface area contributed by atoms with Crippen LogP contribution in [0.4, 0.5) is 0 Å². The number of unbranched alkanes of at least 4 members (excludes halogenated alkanes) is 2. The molecule has 0 amide bonds. The van der Waals surface area contributed by atoms with Gasteiger partial charge in [0.05, 0.1) is 0 Å². The average molecular weight is 710 g/mol. The maximum atomic E-state index is 5.86.